The second-order valence-corrected chi connectivity index (χ2v) is 9.48. The smallest absolute Gasteiger partial charge is 0.248 e. The number of rotatable bonds is 5. The van der Waals surface area contributed by atoms with Crippen LogP contribution in [0.25, 0.3) is 33.2 Å². The Morgan fingerprint density at radius 1 is 0.909 bits per heavy atom. The molecule has 168 valence electrons. The number of aromatic nitrogens is 3. The summed E-state index contributed by atoms with van der Waals surface area (Å²) >= 11 is 0. The lowest BCUT2D eigenvalue weighted by Gasteiger charge is -2.26. The molecule has 4 heterocycles. The van der Waals surface area contributed by atoms with Crippen LogP contribution in [0.1, 0.15) is 0 Å². The van der Waals surface area contributed by atoms with Crippen molar-refractivity contribution in [3.8, 4) is 28.1 Å². The minimum absolute atomic E-state index is 0.0463. The third-order valence-electron chi connectivity index (χ3n) is 5.67. The van der Waals surface area contributed by atoms with Gasteiger partial charge in [-0.05, 0) is 53.1 Å². The molecule has 0 spiro atoms. The van der Waals surface area contributed by atoms with Crippen LogP contribution in [0, 0.1) is 0 Å². The molecule has 0 radical (unpaired) electrons. The highest BCUT2D eigenvalue weighted by atomic mass is 32.2. The Hall–Kier alpha value is -3.40. The number of fused-ring (bicyclic) bond motifs is 1. The van der Waals surface area contributed by atoms with E-state index in [0.29, 0.717) is 31.9 Å². The number of benzene rings is 1. The van der Waals surface area contributed by atoms with Gasteiger partial charge >= 0.3 is 0 Å². The summed E-state index contributed by atoms with van der Waals surface area (Å²) in [7, 11) is -2.36. The van der Waals surface area contributed by atoms with Gasteiger partial charge in [0.15, 0.2) is 0 Å². The highest BCUT2D eigenvalue weighted by Gasteiger charge is 2.30. The molecule has 1 aliphatic heterocycles. The molecular weight excluding hydrogens is 440 g/mol. The van der Waals surface area contributed by atoms with E-state index in [4.69, 9.17) is 9.47 Å². The first kappa shape index (κ1) is 21.4. The van der Waals surface area contributed by atoms with Crippen molar-refractivity contribution in [1.82, 2.24) is 19.3 Å². The Labute approximate surface area is 191 Å². The lowest BCUT2D eigenvalue weighted by Crippen LogP contribution is -2.40. The standard InChI is InChI=1S/C24H22N4O4S/c1-31-24-23(33(29,30)28-10-12-32-13-11-28)15-19(16-27-24)18-2-3-22-21(14-18)20(6-9-26-22)17-4-7-25-8-5-17/h2-9,14-16H,10-13H2,1H3. The Morgan fingerprint density at radius 2 is 1.70 bits per heavy atom. The van der Waals surface area contributed by atoms with Crippen molar-refractivity contribution < 1.29 is 17.9 Å². The van der Waals surface area contributed by atoms with Crippen molar-refractivity contribution in [1.29, 1.82) is 0 Å². The second-order valence-electron chi connectivity index (χ2n) is 7.57. The highest BCUT2D eigenvalue weighted by molar-refractivity contribution is 7.89. The molecule has 9 heteroatoms. The molecule has 5 rings (SSSR count). The fourth-order valence-corrected chi connectivity index (χ4v) is 5.50. The summed E-state index contributed by atoms with van der Waals surface area (Å²) in [6.07, 6.45) is 6.91. The molecule has 8 nitrogen and oxygen atoms in total. The number of morpholine rings is 1. The van der Waals surface area contributed by atoms with Gasteiger partial charge in [-0.3, -0.25) is 9.97 Å². The topological polar surface area (TPSA) is 94.5 Å². The Bertz CT molecular complexity index is 1400. The highest BCUT2D eigenvalue weighted by Crippen LogP contribution is 2.34. The number of sulfonamides is 1. The van der Waals surface area contributed by atoms with Gasteiger partial charge in [-0.1, -0.05) is 6.07 Å². The molecule has 0 bridgehead atoms. The van der Waals surface area contributed by atoms with Gasteiger partial charge in [0.2, 0.25) is 15.9 Å². The minimum Gasteiger partial charge on any atom is -0.480 e. The number of pyridine rings is 3. The molecule has 0 N–H and O–H groups in total. The van der Waals surface area contributed by atoms with Crippen molar-refractivity contribution in [3.05, 3.63) is 67.3 Å². The van der Waals surface area contributed by atoms with Gasteiger partial charge < -0.3 is 9.47 Å². The summed E-state index contributed by atoms with van der Waals surface area (Å²) in [6.45, 7) is 1.33. The normalized spacial score (nSPS) is 14.9. The van der Waals surface area contributed by atoms with E-state index in [1.54, 1.807) is 30.9 Å². The van der Waals surface area contributed by atoms with E-state index in [0.717, 1.165) is 27.6 Å². The summed E-state index contributed by atoms with van der Waals surface area (Å²) in [5, 5.41) is 0.953. The van der Waals surface area contributed by atoms with Crippen LogP contribution in [0.4, 0.5) is 0 Å². The first-order valence-corrected chi connectivity index (χ1v) is 11.9. The van der Waals surface area contributed by atoms with Crippen molar-refractivity contribution >= 4 is 20.9 Å². The SMILES string of the molecule is COc1ncc(-c2ccc3nccc(-c4ccncc4)c3c2)cc1S(=O)(=O)N1CCOCC1. The zero-order valence-electron chi connectivity index (χ0n) is 18.0. The Kier molecular flexibility index (Phi) is 5.76. The van der Waals surface area contributed by atoms with Gasteiger partial charge in [-0.25, -0.2) is 13.4 Å². The second kappa shape index (κ2) is 8.86. The third kappa shape index (κ3) is 4.06. The molecule has 1 fully saturated rings. The Balaban J connectivity index is 1.62. The van der Waals surface area contributed by atoms with Crippen LogP contribution in [0.3, 0.4) is 0 Å². The van der Waals surface area contributed by atoms with Crippen LogP contribution in [-0.2, 0) is 14.8 Å². The molecule has 3 aromatic heterocycles. The summed E-state index contributed by atoms with van der Waals surface area (Å²) in [6, 6.07) is 13.3. The summed E-state index contributed by atoms with van der Waals surface area (Å²) in [5.41, 5.74) is 4.40. The summed E-state index contributed by atoms with van der Waals surface area (Å²) in [4.78, 5) is 12.9. The molecule has 0 atom stereocenters. The molecule has 0 aliphatic carbocycles. The molecule has 33 heavy (non-hydrogen) atoms. The zero-order valence-corrected chi connectivity index (χ0v) is 18.8. The lowest BCUT2D eigenvalue weighted by molar-refractivity contribution is 0.0729. The average Bonchev–Trinajstić information content (AvgIpc) is 2.88. The molecule has 0 unspecified atom stereocenters. The van der Waals surface area contributed by atoms with E-state index in [1.165, 1.54) is 11.4 Å². The quantitative estimate of drug-likeness (QED) is 0.449. The number of methoxy groups -OCH3 is 1. The zero-order chi connectivity index (χ0) is 22.8. The monoisotopic (exact) mass is 462 g/mol. The molecule has 0 saturated carbocycles. The number of ether oxygens (including phenoxy) is 2. The molecule has 1 aliphatic rings. The van der Waals surface area contributed by atoms with Crippen molar-refractivity contribution in [2.75, 3.05) is 33.4 Å². The number of nitrogens with zero attached hydrogens (tertiary/aromatic N) is 4. The third-order valence-corrected chi connectivity index (χ3v) is 7.56. The van der Waals surface area contributed by atoms with E-state index in [-0.39, 0.29) is 10.8 Å². The van der Waals surface area contributed by atoms with E-state index < -0.39 is 10.0 Å². The fourth-order valence-electron chi connectivity index (χ4n) is 3.96. The first-order valence-electron chi connectivity index (χ1n) is 10.5. The van der Waals surface area contributed by atoms with Gasteiger partial charge in [-0.15, -0.1) is 0 Å². The molecular formula is C24H22N4O4S. The maximum Gasteiger partial charge on any atom is 0.248 e. The fraction of sp³-hybridized carbons (Fsp3) is 0.208. The largest absolute Gasteiger partial charge is 0.480 e. The van der Waals surface area contributed by atoms with Crippen molar-refractivity contribution in [2.24, 2.45) is 0 Å². The van der Waals surface area contributed by atoms with Crippen LogP contribution in [0.2, 0.25) is 0 Å². The maximum absolute atomic E-state index is 13.3. The first-order chi connectivity index (χ1) is 16.1. The molecule has 4 aromatic rings. The van der Waals surface area contributed by atoms with E-state index in [9.17, 15) is 8.42 Å². The van der Waals surface area contributed by atoms with Crippen LogP contribution in [-0.4, -0.2) is 61.1 Å². The van der Waals surface area contributed by atoms with Crippen LogP contribution in [0.15, 0.2) is 72.1 Å². The Morgan fingerprint density at radius 3 is 2.45 bits per heavy atom. The van der Waals surface area contributed by atoms with Gasteiger partial charge in [0.1, 0.15) is 4.90 Å². The van der Waals surface area contributed by atoms with Crippen LogP contribution >= 0.6 is 0 Å². The maximum atomic E-state index is 13.3. The van der Waals surface area contributed by atoms with Gasteiger partial charge in [0.25, 0.3) is 0 Å². The average molecular weight is 463 g/mol. The summed E-state index contributed by atoms with van der Waals surface area (Å²) < 4.78 is 38.7. The predicted octanol–water partition coefficient (Wildman–Crippen LogP) is 3.39. The van der Waals surface area contributed by atoms with Crippen molar-refractivity contribution in [3.63, 3.8) is 0 Å². The van der Waals surface area contributed by atoms with E-state index in [2.05, 4.69) is 15.0 Å². The number of hydrogen-bond acceptors (Lipinski definition) is 7. The van der Waals surface area contributed by atoms with Crippen molar-refractivity contribution in [2.45, 2.75) is 4.90 Å². The molecule has 1 aromatic carbocycles. The lowest BCUT2D eigenvalue weighted by atomic mass is 9.98. The molecule has 0 amide bonds. The van der Waals surface area contributed by atoms with Crippen LogP contribution in [0.5, 0.6) is 5.88 Å². The van der Waals surface area contributed by atoms with E-state index >= 15 is 0 Å². The minimum atomic E-state index is -3.78. The van der Waals surface area contributed by atoms with E-state index in [1.807, 2.05) is 36.4 Å². The van der Waals surface area contributed by atoms with Gasteiger partial charge in [0, 0.05) is 48.8 Å². The number of hydrogen-bond donors (Lipinski definition) is 0. The van der Waals surface area contributed by atoms with Crippen LogP contribution < -0.4 is 4.74 Å². The van der Waals surface area contributed by atoms with Gasteiger partial charge in [0.05, 0.1) is 25.8 Å². The summed E-state index contributed by atoms with van der Waals surface area (Å²) in [5.74, 6) is 0.0742. The molecule has 1 saturated heterocycles. The predicted molar refractivity (Wildman–Crippen MR) is 124 cm³/mol. The van der Waals surface area contributed by atoms with Gasteiger partial charge in [-0.2, -0.15) is 4.31 Å².